The van der Waals surface area contributed by atoms with Crippen LogP contribution >= 0.6 is 0 Å². The Kier molecular flexibility index (Phi) is 3.44. The summed E-state index contributed by atoms with van der Waals surface area (Å²) < 4.78 is 5.46. The van der Waals surface area contributed by atoms with Gasteiger partial charge in [0.2, 0.25) is 0 Å². The fraction of sp³-hybridized carbons (Fsp3) is 0.562. The van der Waals surface area contributed by atoms with Crippen molar-refractivity contribution in [1.29, 1.82) is 5.26 Å². The number of likely N-dealkylation sites (tertiary alicyclic amines) is 1. The number of nitrogens with zero attached hydrogens (tertiary/aromatic N) is 4. The highest BCUT2D eigenvalue weighted by atomic mass is 16.6. The third kappa shape index (κ3) is 2.71. The molecule has 2 aliphatic rings. The van der Waals surface area contributed by atoms with Gasteiger partial charge in [0.1, 0.15) is 11.7 Å². The van der Waals surface area contributed by atoms with E-state index in [9.17, 15) is 4.79 Å². The summed E-state index contributed by atoms with van der Waals surface area (Å²) in [5, 5.41) is 8.98. The molecule has 1 aromatic rings. The summed E-state index contributed by atoms with van der Waals surface area (Å²) in [5.74, 6) is 0. The average molecular weight is 300 g/mol. The number of hydrogen-bond acceptors (Lipinski definition) is 5. The van der Waals surface area contributed by atoms with E-state index in [1.807, 2.05) is 31.7 Å². The van der Waals surface area contributed by atoms with Crippen LogP contribution in [0.25, 0.3) is 0 Å². The highest BCUT2D eigenvalue weighted by molar-refractivity contribution is 5.70. The first kappa shape index (κ1) is 14.6. The zero-order chi connectivity index (χ0) is 15.9. The Morgan fingerprint density at radius 1 is 1.36 bits per heavy atom. The quantitative estimate of drug-likeness (QED) is 0.795. The molecular formula is C16H20N4O2. The summed E-state index contributed by atoms with van der Waals surface area (Å²) in [6.07, 6.45) is 4.05. The molecule has 2 bridgehead atoms. The molecule has 0 unspecified atom stereocenters. The van der Waals surface area contributed by atoms with Gasteiger partial charge in [0.25, 0.3) is 0 Å². The second-order valence-corrected chi connectivity index (χ2v) is 6.87. The van der Waals surface area contributed by atoms with Gasteiger partial charge >= 0.3 is 6.09 Å². The molecule has 2 fully saturated rings. The van der Waals surface area contributed by atoms with E-state index in [2.05, 4.69) is 16.0 Å². The Bertz CT molecular complexity index is 632. The van der Waals surface area contributed by atoms with Gasteiger partial charge in [0.15, 0.2) is 0 Å². The zero-order valence-corrected chi connectivity index (χ0v) is 13.1. The fourth-order valence-electron chi connectivity index (χ4n) is 3.17. The molecule has 2 aliphatic heterocycles. The first-order valence-electron chi connectivity index (χ1n) is 7.49. The van der Waals surface area contributed by atoms with E-state index >= 15 is 0 Å². The lowest BCUT2D eigenvalue weighted by molar-refractivity contribution is 0.0215. The molecule has 22 heavy (non-hydrogen) atoms. The summed E-state index contributed by atoms with van der Waals surface area (Å²) in [4.78, 5) is 20.4. The Morgan fingerprint density at radius 3 is 2.73 bits per heavy atom. The van der Waals surface area contributed by atoms with Crippen LogP contribution < -0.4 is 4.90 Å². The largest absolute Gasteiger partial charge is 0.444 e. The molecule has 0 saturated carbocycles. The van der Waals surface area contributed by atoms with Crippen LogP contribution in [0, 0.1) is 11.3 Å². The smallest absolute Gasteiger partial charge is 0.410 e. The van der Waals surface area contributed by atoms with Gasteiger partial charge < -0.3 is 14.5 Å². The zero-order valence-electron chi connectivity index (χ0n) is 13.1. The van der Waals surface area contributed by atoms with Gasteiger partial charge in [0.05, 0.1) is 23.5 Å². The van der Waals surface area contributed by atoms with Gasteiger partial charge in [-0.3, -0.25) is 4.98 Å². The number of rotatable bonds is 1. The second kappa shape index (κ2) is 5.16. The van der Waals surface area contributed by atoms with E-state index < -0.39 is 5.60 Å². The van der Waals surface area contributed by atoms with Gasteiger partial charge in [-0.2, -0.15) is 5.26 Å². The summed E-state index contributed by atoms with van der Waals surface area (Å²) >= 11 is 0. The molecule has 2 saturated heterocycles. The molecule has 116 valence electrons. The third-order valence-electron chi connectivity index (χ3n) is 4.05. The number of carbonyl (C=O) groups excluding carboxylic acids is 1. The predicted octanol–water partition coefficient (Wildman–Crippen LogP) is 2.15. The van der Waals surface area contributed by atoms with Crippen LogP contribution in [0.15, 0.2) is 18.5 Å². The molecule has 3 heterocycles. The van der Waals surface area contributed by atoms with Crippen molar-refractivity contribution in [3.8, 4) is 6.07 Å². The van der Waals surface area contributed by atoms with Crippen molar-refractivity contribution in [2.75, 3.05) is 18.0 Å². The number of piperazine rings is 1. The van der Waals surface area contributed by atoms with Crippen molar-refractivity contribution < 1.29 is 9.53 Å². The molecule has 1 amide bonds. The monoisotopic (exact) mass is 300 g/mol. The molecule has 0 N–H and O–H groups in total. The standard InChI is InChI=1S/C16H20N4O2/c1-16(2,3)22-15(21)20-10-13-5-14(20)9-19(13)12-4-11(6-17)7-18-8-12/h4,7-8,13-14H,5,9-10H2,1-3H3/t13-,14-/m1/s1. The SMILES string of the molecule is CC(C)(C)OC(=O)N1C[C@H]2C[C@@H]1CN2c1cncc(C#N)c1. The molecule has 6 nitrogen and oxygen atoms in total. The normalized spacial score (nSPS) is 23.5. The molecule has 0 radical (unpaired) electrons. The van der Waals surface area contributed by atoms with Crippen LogP contribution in [-0.4, -0.2) is 46.8 Å². The van der Waals surface area contributed by atoms with Crippen LogP contribution in [0.3, 0.4) is 0 Å². The summed E-state index contributed by atoms with van der Waals surface area (Å²) in [6.45, 7) is 7.07. The predicted molar refractivity (Wildman–Crippen MR) is 81.4 cm³/mol. The van der Waals surface area contributed by atoms with Crippen LogP contribution in [0.4, 0.5) is 10.5 Å². The van der Waals surface area contributed by atoms with Crippen molar-refractivity contribution >= 4 is 11.8 Å². The van der Waals surface area contributed by atoms with Crippen molar-refractivity contribution in [3.63, 3.8) is 0 Å². The fourth-order valence-corrected chi connectivity index (χ4v) is 3.17. The van der Waals surface area contributed by atoms with Crippen LogP contribution in [-0.2, 0) is 4.74 Å². The highest BCUT2D eigenvalue weighted by Gasteiger charge is 2.46. The number of fused-ring (bicyclic) bond motifs is 2. The van der Waals surface area contributed by atoms with Gasteiger partial charge in [-0.15, -0.1) is 0 Å². The van der Waals surface area contributed by atoms with Crippen molar-refractivity contribution in [2.45, 2.75) is 44.9 Å². The summed E-state index contributed by atoms with van der Waals surface area (Å²) in [7, 11) is 0. The maximum atomic E-state index is 12.2. The van der Waals surface area contributed by atoms with Crippen molar-refractivity contribution in [1.82, 2.24) is 9.88 Å². The minimum atomic E-state index is -0.469. The van der Waals surface area contributed by atoms with Gasteiger partial charge in [-0.05, 0) is 33.3 Å². The lowest BCUT2D eigenvalue weighted by Crippen LogP contribution is -2.50. The van der Waals surface area contributed by atoms with Crippen LogP contribution in [0.1, 0.15) is 32.8 Å². The number of hydrogen-bond donors (Lipinski definition) is 0. The van der Waals surface area contributed by atoms with E-state index in [-0.39, 0.29) is 18.2 Å². The maximum absolute atomic E-state index is 12.2. The Morgan fingerprint density at radius 2 is 2.14 bits per heavy atom. The van der Waals surface area contributed by atoms with Crippen LogP contribution in [0.2, 0.25) is 0 Å². The minimum Gasteiger partial charge on any atom is -0.444 e. The average Bonchev–Trinajstić information content (AvgIpc) is 3.05. The Balaban J connectivity index is 1.69. The number of aromatic nitrogens is 1. The Hall–Kier alpha value is -2.29. The maximum Gasteiger partial charge on any atom is 0.410 e. The number of nitriles is 1. The van der Waals surface area contributed by atoms with Gasteiger partial charge in [-0.25, -0.2) is 4.79 Å². The molecular weight excluding hydrogens is 280 g/mol. The summed E-state index contributed by atoms with van der Waals surface area (Å²) in [6, 6.07) is 4.41. The van der Waals surface area contributed by atoms with E-state index in [4.69, 9.17) is 10.00 Å². The topological polar surface area (TPSA) is 69.5 Å². The Labute approximate surface area is 130 Å². The van der Waals surface area contributed by atoms with Crippen LogP contribution in [0.5, 0.6) is 0 Å². The van der Waals surface area contributed by atoms with Crippen molar-refractivity contribution in [3.05, 3.63) is 24.0 Å². The second-order valence-electron chi connectivity index (χ2n) is 6.87. The highest BCUT2D eigenvalue weighted by Crippen LogP contribution is 2.35. The number of ether oxygens (including phenoxy) is 1. The lowest BCUT2D eigenvalue weighted by Gasteiger charge is -2.36. The molecule has 6 heteroatoms. The summed E-state index contributed by atoms with van der Waals surface area (Å²) in [5.41, 5.74) is 1.04. The molecule has 0 aliphatic carbocycles. The van der Waals surface area contributed by atoms with E-state index in [1.54, 1.807) is 12.4 Å². The molecule has 1 aromatic heterocycles. The molecule has 0 aromatic carbocycles. The number of pyridine rings is 1. The first-order chi connectivity index (χ1) is 10.4. The molecule has 0 spiro atoms. The number of anilines is 1. The van der Waals surface area contributed by atoms with E-state index in [0.29, 0.717) is 12.1 Å². The molecule has 2 atom stereocenters. The molecule has 3 rings (SSSR count). The first-order valence-corrected chi connectivity index (χ1v) is 7.49. The minimum absolute atomic E-state index is 0.172. The van der Waals surface area contributed by atoms with Crippen molar-refractivity contribution in [2.24, 2.45) is 0 Å². The number of carbonyl (C=O) groups is 1. The van der Waals surface area contributed by atoms with E-state index in [1.165, 1.54) is 0 Å². The van der Waals surface area contributed by atoms with E-state index in [0.717, 1.165) is 18.7 Å². The van der Waals surface area contributed by atoms with Gasteiger partial charge in [-0.1, -0.05) is 0 Å². The number of amides is 1. The van der Waals surface area contributed by atoms with Gasteiger partial charge in [0, 0.05) is 25.3 Å². The third-order valence-corrected chi connectivity index (χ3v) is 4.05. The lowest BCUT2D eigenvalue weighted by atomic mass is 10.2.